The second-order valence-electron chi connectivity index (χ2n) is 8.45. The van der Waals surface area contributed by atoms with Crippen molar-refractivity contribution in [2.75, 3.05) is 26.2 Å². The molecule has 0 radical (unpaired) electrons. The molecule has 0 spiro atoms. The maximum Gasteiger partial charge on any atom is 0.0139 e. The van der Waals surface area contributed by atoms with Crippen LogP contribution in [-0.4, -0.2) is 49.3 Å². The van der Waals surface area contributed by atoms with E-state index in [-0.39, 0.29) is 11.1 Å². The summed E-state index contributed by atoms with van der Waals surface area (Å²) in [4.78, 5) is 0. The maximum absolute atomic E-state index is 3.71. The van der Waals surface area contributed by atoms with Crippen molar-refractivity contribution in [2.24, 2.45) is 0 Å². The summed E-state index contributed by atoms with van der Waals surface area (Å²) in [6.07, 6.45) is 4.69. The van der Waals surface area contributed by atoms with Crippen LogP contribution in [0.25, 0.3) is 0 Å². The molecule has 1 aliphatic heterocycles. The molecule has 1 aliphatic rings. The molecule has 0 aliphatic carbocycles. The molecule has 0 saturated carbocycles. The van der Waals surface area contributed by atoms with Crippen molar-refractivity contribution in [3.8, 4) is 0 Å². The fourth-order valence-electron chi connectivity index (χ4n) is 3.55. The van der Waals surface area contributed by atoms with Crippen LogP contribution in [0.5, 0.6) is 0 Å². The van der Waals surface area contributed by atoms with E-state index in [0.29, 0.717) is 12.1 Å². The monoisotopic (exact) mass is 312 g/mol. The summed E-state index contributed by atoms with van der Waals surface area (Å²) in [6.45, 7) is 18.2. The number of nitrogens with one attached hydrogen (secondary N) is 4. The molecule has 22 heavy (non-hydrogen) atoms. The SMILES string of the molecule is C[C@@H]1CC(C)(C)NCCCN[C@@H](C)CC(C)(C)NCCCN1. The Kier molecular flexibility index (Phi) is 8.33. The second kappa shape index (κ2) is 9.21. The van der Waals surface area contributed by atoms with Gasteiger partial charge in [-0.05, 0) is 93.4 Å². The summed E-state index contributed by atoms with van der Waals surface area (Å²) in [5.41, 5.74) is 0.407. The molecule has 1 fully saturated rings. The van der Waals surface area contributed by atoms with Crippen LogP contribution in [0.1, 0.15) is 67.2 Å². The minimum Gasteiger partial charge on any atom is -0.314 e. The molecule has 1 rings (SSSR count). The molecule has 0 aromatic rings. The van der Waals surface area contributed by atoms with Crippen molar-refractivity contribution in [1.29, 1.82) is 0 Å². The van der Waals surface area contributed by atoms with Gasteiger partial charge in [0.05, 0.1) is 0 Å². The lowest BCUT2D eigenvalue weighted by atomic mass is 9.95. The Morgan fingerprint density at radius 2 is 1.00 bits per heavy atom. The molecule has 1 saturated heterocycles. The summed E-state index contributed by atoms with van der Waals surface area (Å²) >= 11 is 0. The quantitative estimate of drug-likeness (QED) is 0.554. The lowest BCUT2D eigenvalue weighted by Gasteiger charge is -2.32. The Bertz CT molecular complexity index is 271. The molecular weight excluding hydrogens is 272 g/mol. The van der Waals surface area contributed by atoms with E-state index in [2.05, 4.69) is 62.8 Å². The molecule has 0 unspecified atom stereocenters. The van der Waals surface area contributed by atoms with E-state index in [4.69, 9.17) is 0 Å². The van der Waals surface area contributed by atoms with Gasteiger partial charge in [0.1, 0.15) is 0 Å². The molecule has 4 heteroatoms. The molecule has 132 valence electrons. The third-order valence-electron chi connectivity index (χ3n) is 4.53. The first kappa shape index (κ1) is 19.9. The summed E-state index contributed by atoms with van der Waals surface area (Å²) in [6, 6.07) is 1.11. The molecule has 0 amide bonds. The first-order chi connectivity index (χ1) is 10.2. The van der Waals surface area contributed by atoms with Gasteiger partial charge >= 0.3 is 0 Å². The molecule has 2 atom stereocenters. The molecule has 0 aromatic heterocycles. The van der Waals surface area contributed by atoms with Gasteiger partial charge in [0.25, 0.3) is 0 Å². The molecule has 4 N–H and O–H groups in total. The lowest BCUT2D eigenvalue weighted by molar-refractivity contribution is 0.294. The summed E-state index contributed by atoms with van der Waals surface area (Å²) in [5, 5.41) is 14.7. The van der Waals surface area contributed by atoms with E-state index >= 15 is 0 Å². The van der Waals surface area contributed by atoms with Crippen LogP contribution in [0.4, 0.5) is 0 Å². The first-order valence-corrected chi connectivity index (χ1v) is 9.17. The van der Waals surface area contributed by atoms with E-state index in [9.17, 15) is 0 Å². The van der Waals surface area contributed by atoms with Crippen molar-refractivity contribution in [1.82, 2.24) is 21.3 Å². The number of rotatable bonds is 0. The van der Waals surface area contributed by atoms with Gasteiger partial charge in [-0.1, -0.05) is 0 Å². The fourth-order valence-corrected chi connectivity index (χ4v) is 3.55. The van der Waals surface area contributed by atoms with Gasteiger partial charge in [-0.3, -0.25) is 0 Å². The smallest absolute Gasteiger partial charge is 0.0139 e. The van der Waals surface area contributed by atoms with Crippen molar-refractivity contribution < 1.29 is 0 Å². The van der Waals surface area contributed by atoms with Crippen molar-refractivity contribution in [2.45, 2.75) is 90.4 Å². The highest BCUT2D eigenvalue weighted by Gasteiger charge is 2.22. The Morgan fingerprint density at radius 1 is 0.636 bits per heavy atom. The third kappa shape index (κ3) is 9.09. The number of hydrogen-bond donors (Lipinski definition) is 4. The lowest BCUT2D eigenvalue weighted by Crippen LogP contribution is -2.48. The second-order valence-corrected chi connectivity index (χ2v) is 8.45. The van der Waals surface area contributed by atoms with E-state index in [1.165, 1.54) is 12.8 Å². The van der Waals surface area contributed by atoms with Gasteiger partial charge in [0.15, 0.2) is 0 Å². The van der Waals surface area contributed by atoms with E-state index < -0.39 is 0 Å². The topological polar surface area (TPSA) is 48.1 Å². The average Bonchev–Trinajstić information content (AvgIpc) is 2.35. The third-order valence-corrected chi connectivity index (χ3v) is 4.53. The van der Waals surface area contributed by atoms with E-state index in [0.717, 1.165) is 39.0 Å². The summed E-state index contributed by atoms with van der Waals surface area (Å²) in [7, 11) is 0. The first-order valence-electron chi connectivity index (χ1n) is 9.17. The highest BCUT2D eigenvalue weighted by molar-refractivity contribution is 4.84. The van der Waals surface area contributed by atoms with Crippen LogP contribution < -0.4 is 21.3 Å². The maximum atomic E-state index is 3.71. The summed E-state index contributed by atoms with van der Waals surface area (Å²) in [5.74, 6) is 0. The van der Waals surface area contributed by atoms with Gasteiger partial charge < -0.3 is 21.3 Å². The van der Waals surface area contributed by atoms with Gasteiger partial charge in [-0.25, -0.2) is 0 Å². The zero-order valence-electron chi connectivity index (χ0n) is 15.8. The van der Waals surface area contributed by atoms with Crippen LogP contribution in [0, 0.1) is 0 Å². The molecule has 4 nitrogen and oxygen atoms in total. The predicted molar refractivity (Wildman–Crippen MR) is 97.6 cm³/mol. The van der Waals surface area contributed by atoms with Crippen LogP contribution in [0.2, 0.25) is 0 Å². The molecule has 1 heterocycles. The highest BCUT2D eigenvalue weighted by Crippen LogP contribution is 2.13. The van der Waals surface area contributed by atoms with Crippen LogP contribution in [0.15, 0.2) is 0 Å². The normalized spacial score (nSPS) is 32.5. The Balaban J connectivity index is 2.51. The molecule has 0 aromatic carbocycles. The zero-order chi connectivity index (χ0) is 16.6. The van der Waals surface area contributed by atoms with Gasteiger partial charge in [0, 0.05) is 23.2 Å². The highest BCUT2D eigenvalue weighted by atomic mass is 15.0. The Labute approximate surface area is 138 Å². The van der Waals surface area contributed by atoms with Crippen LogP contribution in [-0.2, 0) is 0 Å². The minimum atomic E-state index is 0.204. The number of hydrogen-bond acceptors (Lipinski definition) is 4. The fraction of sp³-hybridized carbons (Fsp3) is 1.00. The molecule has 0 bridgehead atoms. The predicted octanol–water partition coefficient (Wildman–Crippen LogP) is 2.25. The average molecular weight is 313 g/mol. The van der Waals surface area contributed by atoms with Crippen molar-refractivity contribution >= 4 is 0 Å². The van der Waals surface area contributed by atoms with E-state index in [1.54, 1.807) is 0 Å². The van der Waals surface area contributed by atoms with Gasteiger partial charge in [0.2, 0.25) is 0 Å². The van der Waals surface area contributed by atoms with E-state index in [1.807, 2.05) is 0 Å². The van der Waals surface area contributed by atoms with Crippen molar-refractivity contribution in [3.05, 3.63) is 0 Å². The van der Waals surface area contributed by atoms with Crippen molar-refractivity contribution in [3.63, 3.8) is 0 Å². The largest absolute Gasteiger partial charge is 0.314 e. The van der Waals surface area contributed by atoms with Gasteiger partial charge in [-0.15, -0.1) is 0 Å². The Hall–Kier alpha value is -0.160. The standard InChI is InChI=1S/C18H40N4/c1-15-13-17(3,4)21-12-8-10-20-16(2)14-18(5,6)22-11-7-9-19-15/h15-16,19-22H,7-14H2,1-6H3/t15-,16+. The Morgan fingerprint density at radius 3 is 1.36 bits per heavy atom. The zero-order valence-corrected chi connectivity index (χ0v) is 15.8. The van der Waals surface area contributed by atoms with Crippen LogP contribution in [0.3, 0.4) is 0 Å². The minimum absolute atomic E-state index is 0.204. The molecular formula is C18H40N4. The van der Waals surface area contributed by atoms with Gasteiger partial charge in [-0.2, -0.15) is 0 Å². The summed E-state index contributed by atoms with van der Waals surface area (Å²) < 4.78 is 0. The van der Waals surface area contributed by atoms with Crippen LogP contribution >= 0.6 is 0 Å².